The molecule has 3 aliphatic rings. The highest BCUT2D eigenvalue weighted by Gasteiger charge is 2.41. The van der Waals surface area contributed by atoms with Gasteiger partial charge in [0.25, 0.3) is 0 Å². The van der Waals surface area contributed by atoms with E-state index < -0.39 is 5.54 Å². The quantitative estimate of drug-likeness (QED) is 0.0547. The van der Waals surface area contributed by atoms with E-state index in [1.165, 1.54) is 0 Å². The second-order valence-electron chi connectivity index (χ2n) is 23.2. The zero-order chi connectivity index (χ0) is 60.8. The molecule has 15 atom stereocenters. The fourth-order valence-electron chi connectivity index (χ4n) is 10.6. The lowest BCUT2D eigenvalue weighted by Crippen LogP contribution is -2.53. The molecule has 0 bridgehead atoms. The maximum Gasteiger partial charge on any atom is 0.222 e. The van der Waals surface area contributed by atoms with Crippen molar-refractivity contribution in [2.75, 3.05) is 158 Å². The molecule has 488 valence electrons. The van der Waals surface area contributed by atoms with Crippen LogP contribution in [0.25, 0.3) is 0 Å². The van der Waals surface area contributed by atoms with Crippen LogP contribution in [-0.2, 0) is 85.4 Å². The number of nitrogens with one attached hydrogen (secondary N) is 3. The van der Waals surface area contributed by atoms with E-state index in [1.807, 2.05) is 0 Å². The van der Waals surface area contributed by atoms with E-state index in [9.17, 15) is 14.4 Å². The van der Waals surface area contributed by atoms with Crippen molar-refractivity contribution in [2.45, 2.75) is 164 Å². The number of nitrogens with two attached hydrogens (primary N) is 1. The van der Waals surface area contributed by atoms with Gasteiger partial charge in [-0.2, -0.15) is 0 Å². The van der Waals surface area contributed by atoms with Gasteiger partial charge in [-0.05, 0) is 54.8 Å². The first-order chi connectivity index (χ1) is 40.0. The van der Waals surface area contributed by atoms with Gasteiger partial charge in [-0.1, -0.05) is 83.1 Å². The third-order valence-electron chi connectivity index (χ3n) is 17.1. The van der Waals surface area contributed by atoms with E-state index in [0.29, 0.717) is 172 Å². The first-order valence-corrected chi connectivity index (χ1v) is 31.6. The van der Waals surface area contributed by atoms with Gasteiger partial charge < -0.3 is 92.7 Å². The third-order valence-corrected chi connectivity index (χ3v) is 17.1. The van der Waals surface area contributed by atoms with Crippen LogP contribution < -0.4 is 21.7 Å². The van der Waals surface area contributed by atoms with Crippen LogP contribution in [0, 0.1) is 53.3 Å². The summed E-state index contributed by atoms with van der Waals surface area (Å²) in [7, 11) is 0. The van der Waals surface area contributed by atoms with E-state index in [1.54, 1.807) is 0 Å². The number of hydrogen-bond donors (Lipinski definition) is 4. The minimum atomic E-state index is -1.14. The second kappa shape index (κ2) is 44.2. The molecule has 22 nitrogen and oxygen atoms in total. The highest BCUT2D eigenvalue weighted by atomic mass is 16.7. The fourth-order valence-corrected chi connectivity index (χ4v) is 10.6. The van der Waals surface area contributed by atoms with Gasteiger partial charge in [0.1, 0.15) is 0 Å². The lowest BCUT2D eigenvalue weighted by molar-refractivity contribution is -0.251. The molecule has 0 aliphatic carbocycles. The van der Waals surface area contributed by atoms with Crippen molar-refractivity contribution >= 4 is 17.7 Å². The highest BCUT2D eigenvalue weighted by Crippen LogP contribution is 2.38. The number of carbonyl (C=O) groups excluding carboxylic acids is 3. The molecule has 5 N–H and O–H groups in total. The van der Waals surface area contributed by atoms with Gasteiger partial charge in [-0.15, -0.1) is 0 Å². The Kier molecular flexibility index (Phi) is 40.0. The maximum absolute atomic E-state index is 12.6. The summed E-state index contributed by atoms with van der Waals surface area (Å²) in [5, 5.41) is 8.50. The van der Waals surface area contributed by atoms with E-state index >= 15 is 0 Å². The number of hydrogen-bond acceptors (Lipinski definition) is 19. The predicted octanol–water partition coefficient (Wildman–Crippen LogP) is 5.53. The summed E-state index contributed by atoms with van der Waals surface area (Å²) >= 11 is 0. The maximum atomic E-state index is 12.6. The Morgan fingerprint density at radius 3 is 0.831 bits per heavy atom. The van der Waals surface area contributed by atoms with E-state index in [0.717, 1.165) is 19.3 Å². The summed E-state index contributed by atoms with van der Waals surface area (Å²) in [5.74, 6) is 3.38. The topological polar surface area (TPSA) is 252 Å². The summed E-state index contributed by atoms with van der Waals surface area (Å²) in [6.45, 7) is 33.8. The van der Waals surface area contributed by atoms with E-state index in [4.69, 9.17) is 76.8 Å². The molecular weight excluding hydrogens is 1080 g/mol. The molecule has 0 saturated carbocycles. The zero-order valence-electron chi connectivity index (χ0n) is 53.3. The predicted molar refractivity (Wildman–Crippen MR) is 314 cm³/mol. The largest absolute Gasteiger partial charge is 0.379 e. The van der Waals surface area contributed by atoms with Gasteiger partial charge in [0, 0.05) is 56.7 Å². The minimum Gasteiger partial charge on any atom is -0.379 e. The zero-order valence-corrected chi connectivity index (χ0v) is 53.3. The third kappa shape index (κ3) is 30.0. The first kappa shape index (κ1) is 75.0. The van der Waals surface area contributed by atoms with Gasteiger partial charge in [0.2, 0.25) is 17.7 Å². The minimum absolute atomic E-state index is 0.00244. The van der Waals surface area contributed by atoms with Crippen LogP contribution >= 0.6 is 0 Å². The number of carbonyl (C=O) groups is 3. The molecule has 3 amide bonds. The van der Waals surface area contributed by atoms with E-state index in [-0.39, 0.29) is 114 Å². The highest BCUT2D eigenvalue weighted by molar-refractivity contribution is 5.76. The average molecular weight is 1190 g/mol. The summed E-state index contributed by atoms with van der Waals surface area (Å²) in [4.78, 5) is 37.7. The molecule has 22 heteroatoms. The molecule has 6 unspecified atom stereocenters. The van der Waals surface area contributed by atoms with Crippen LogP contribution in [-0.4, -0.2) is 219 Å². The molecule has 0 spiro atoms. The Balaban J connectivity index is 1.26. The summed E-state index contributed by atoms with van der Waals surface area (Å²) in [6.07, 6.45) is 3.13. The van der Waals surface area contributed by atoms with Gasteiger partial charge in [-0.3, -0.25) is 14.4 Å². The van der Waals surface area contributed by atoms with Gasteiger partial charge in [-0.25, -0.2) is 0 Å². The molecule has 0 radical (unpaired) electrons. The van der Waals surface area contributed by atoms with Crippen LogP contribution in [0.2, 0.25) is 0 Å². The molecule has 3 saturated heterocycles. The van der Waals surface area contributed by atoms with Crippen LogP contribution in [0.15, 0.2) is 0 Å². The summed E-state index contributed by atoms with van der Waals surface area (Å²) < 4.78 is 88.1. The van der Waals surface area contributed by atoms with Crippen LogP contribution in [0.4, 0.5) is 0 Å². The standard InChI is InChI=1S/C61H116N4O18/c1-13-52-46(7)43(4)49(10)58(81-52)78-37-34-72-31-28-69-25-19-63-55(66)16-22-75-40-61(62,41-76-23-17-56(67)64-20-26-70-29-32-73-35-38-79-59-50(11)44(5)47(8)53(14-2)82-59)42-77-24-18-57(68)65-21-27-71-30-33-74-36-39-80-60-51(12)45(6)48(9)54(15-3)83-60/h43-54,58-60H,13-42,62H2,1-12H3,(H,63,66)(H,64,67)(H,65,68)/t43-,44-,45-,46+,47+,48+,49?,50?,51?,52?,53?,54?,58+,59+,60+,61?/m0/s1. The smallest absolute Gasteiger partial charge is 0.222 e. The molecule has 0 aromatic rings. The van der Waals surface area contributed by atoms with Gasteiger partial charge in [0.05, 0.1) is 163 Å². The Hall–Kier alpha value is -2.23. The van der Waals surface area contributed by atoms with Crippen LogP contribution in [0.5, 0.6) is 0 Å². The molecular formula is C61H116N4O18. The fraction of sp³-hybridized carbons (Fsp3) is 0.951. The monoisotopic (exact) mass is 1190 g/mol. The summed E-state index contributed by atoms with van der Waals surface area (Å²) in [6, 6.07) is 0. The number of ether oxygens (including phenoxy) is 15. The molecule has 3 heterocycles. The van der Waals surface area contributed by atoms with Crippen LogP contribution in [0.1, 0.15) is 122 Å². The van der Waals surface area contributed by atoms with Crippen molar-refractivity contribution in [1.29, 1.82) is 0 Å². The molecule has 0 aromatic heterocycles. The van der Waals surface area contributed by atoms with Crippen molar-refractivity contribution < 1.29 is 85.4 Å². The molecule has 3 rings (SSSR count). The number of rotatable bonds is 48. The Morgan fingerprint density at radius 1 is 0.337 bits per heavy atom. The molecule has 3 aliphatic heterocycles. The van der Waals surface area contributed by atoms with Crippen LogP contribution in [0.3, 0.4) is 0 Å². The molecule has 83 heavy (non-hydrogen) atoms. The first-order valence-electron chi connectivity index (χ1n) is 31.6. The van der Waals surface area contributed by atoms with Crippen molar-refractivity contribution in [1.82, 2.24) is 16.0 Å². The lowest BCUT2D eigenvalue weighted by atomic mass is 9.78. The Bertz CT molecular complexity index is 1490. The molecule has 0 aromatic carbocycles. The van der Waals surface area contributed by atoms with Crippen molar-refractivity contribution in [3.8, 4) is 0 Å². The van der Waals surface area contributed by atoms with Crippen molar-refractivity contribution in [3.05, 3.63) is 0 Å². The van der Waals surface area contributed by atoms with E-state index in [2.05, 4.69) is 99.0 Å². The average Bonchev–Trinajstić information content (AvgIpc) is 3.56. The van der Waals surface area contributed by atoms with Crippen molar-refractivity contribution in [2.24, 2.45) is 59.0 Å². The normalized spacial score (nSPS) is 29.1. The van der Waals surface area contributed by atoms with Gasteiger partial charge in [0.15, 0.2) is 18.9 Å². The SMILES string of the molecule is CCC1O[C@@H](OCCOCCOCCNC(=O)CCOCC(N)(COCCC(=O)NCCOCCOCCO[C@@H]2OC(CC)[C@H](C)[C@H](C)C2C)COCCC(=O)NCCOCCOCCO[C@@H]2OC(CC)[C@H](C)[C@H](C)C2C)C(C)[C@@H](C)[C@H]1C. The Labute approximate surface area is 499 Å². The van der Waals surface area contributed by atoms with Crippen molar-refractivity contribution in [3.63, 3.8) is 0 Å². The lowest BCUT2D eigenvalue weighted by Gasteiger charge is -2.43. The van der Waals surface area contributed by atoms with Gasteiger partial charge >= 0.3 is 0 Å². The second-order valence-corrected chi connectivity index (χ2v) is 23.2. The molecule has 3 fully saturated rings. The summed E-state index contributed by atoms with van der Waals surface area (Å²) in [5.41, 5.74) is 5.59. The number of amides is 3. The Morgan fingerprint density at radius 2 is 0.578 bits per heavy atom.